The van der Waals surface area contributed by atoms with Crippen molar-refractivity contribution in [2.75, 3.05) is 12.4 Å². The summed E-state index contributed by atoms with van der Waals surface area (Å²) in [6.07, 6.45) is 3.82. The van der Waals surface area contributed by atoms with E-state index >= 15 is 0 Å². The monoisotopic (exact) mass is 300 g/mol. The molecule has 1 saturated carbocycles. The Hall–Kier alpha value is -0.840. The molecule has 1 aromatic rings. The highest BCUT2D eigenvalue weighted by Gasteiger charge is 2.37. The smallest absolute Gasteiger partial charge is 0.132 e. The molecule has 112 valence electrons. The zero-order valence-corrected chi connectivity index (χ0v) is 12.7. The maximum Gasteiger partial charge on any atom is 0.132 e. The van der Waals surface area contributed by atoms with E-state index in [0.717, 1.165) is 25.7 Å². The lowest BCUT2D eigenvalue weighted by atomic mass is 9.72. The molecule has 1 fully saturated rings. The molecular formula is C15H22ClFN2O. The summed E-state index contributed by atoms with van der Waals surface area (Å²) in [5, 5.41) is 3.65. The van der Waals surface area contributed by atoms with Gasteiger partial charge in [0.15, 0.2) is 0 Å². The summed E-state index contributed by atoms with van der Waals surface area (Å²) in [5.41, 5.74) is 6.66. The first-order valence-electron chi connectivity index (χ1n) is 6.94. The number of rotatable bonds is 4. The minimum atomic E-state index is -0.343. The van der Waals surface area contributed by atoms with Gasteiger partial charge in [-0.2, -0.15) is 0 Å². The molecule has 3 N–H and O–H groups in total. The summed E-state index contributed by atoms with van der Waals surface area (Å²) in [4.78, 5) is 0. The molecule has 0 bridgehead atoms. The third-order valence-corrected chi connectivity index (χ3v) is 4.57. The van der Waals surface area contributed by atoms with E-state index in [1.54, 1.807) is 13.2 Å². The quantitative estimate of drug-likeness (QED) is 0.832. The fraction of sp³-hybridized carbons (Fsp3) is 0.600. The Balaban J connectivity index is 2.12. The van der Waals surface area contributed by atoms with Crippen LogP contribution in [0, 0.1) is 11.2 Å². The average molecular weight is 301 g/mol. The largest absolute Gasteiger partial charge is 0.361 e. The molecule has 1 atom stereocenters. The summed E-state index contributed by atoms with van der Waals surface area (Å²) in [6, 6.07) is 4.62. The highest BCUT2D eigenvalue weighted by molar-refractivity contribution is 6.33. The number of hydrogen-bond acceptors (Lipinski definition) is 3. The third-order valence-electron chi connectivity index (χ3n) is 4.26. The first-order chi connectivity index (χ1) is 9.44. The summed E-state index contributed by atoms with van der Waals surface area (Å²) >= 11 is 6.06. The SMILES string of the molecule is COC(Nc1ccc(F)cc1Cl)C1(C)CCC(N)CC1. The van der Waals surface area contributed by atoms with Crippen LogP contribution < -0.4 is 11.1 Å². The Morgan fingerprint density at radius 1 is 1.45 bits per heavy atom. The van der Waals surface area contributed by atoms with Gasteiger partial charge in [-0.1, -0.05) is 18.5 Å². The highest BCUT2D eigenvalue weighted by atomic mass is 35.5. The molecule has 0 radical (unpaired) electrons. The van der Waals surface area contributed by atoms with Crippen LogP contribution >= 0.6 is 11.6 Å². The molecule has 2 rings (SSSR count). The van der Waals surface area contributed by atoms with E-state index in [-0.39, 0.29) is 23.5 Å². The lowest BCUT2D eigenvalue weighted by Gasteiger charge is -2.42. The fourth-order valence-electron chi connectivity index (χ4n) is 2.83. The van der Waals surface area contributed by atoms with Crippen LogP contribution in [0.4, 0.5) is 10.1 Å². The minimum Gasteiger partial charge on any atom is -0.361 e. The molecule has 3 nitrogen and oxygen atoms in total. The number of benzene rings is 1. The van der Waals surface area contributed by atoms with Crippen molar-refractivity contribution in [2.24, 2.45) is 11.1 Å². The molecule has 1 aliphatic rings. The fourth-order valence-corrected chi connectivity index (χ4v) is 3.05. The van der Waals surface area contributed by atoms with Gasteiger partial charge in [0.1, 0.15) is 12.0 Å². The predicted octanol–water partition coefficient (Wildman–Crippen LogP) is 3.77. The number of nitrogens with one attached hydrogen (secondary N) is 1. The number of anilines is 1. The van der Waals surface area contributed by atoms with E-state index in [1.165, 1.54) is 12.1 Å². The van der Waals surface area contributed by atoms with Gasteiger partial charge in [0.2, 0.25) is 0 Å². The van der Waals surface area contributed by atoms with Crippen LogP contribution in [0.25, 0.3) is 0 Å². The van der Waals surface area contributed by atoms with Gasteiger partial charge in [0.05, 0.1) is 10.7 Å². The number of hydrogen-bond donors (Lipinski definition) is 2. The Bertz CT molecular complexity index is 461. The topological polar surface area (TPSA) is 47.3 Å². The van der Waals surface area contributed by atoms with E-state index in [0.29, 0.717) is 10.7 Å². The van der Waals surface area contributed by atoms with E-state index in [9.17, 15) is 4.39 Å². The number of halogens is 2. The molecule has 0 amide bonds. The maximum absolute atomic E-state index is 13.1. The van der Waals surface area contributed by atoms with Gasteiger partial charge in [-0.3, -0.25) is 0 Å². The van der Waals surface area contributed by atoms with Crippen molar-refractivity contribution >= 4 is 17.3 Å². The predicted molar refractivity (Wildman–Crippen MR) is 80.4 cm³/mol. The van der Waals surface area contributed by atoms with Crippen molar-refractivity contribution in [3.63, 3.8) is 0 Å². The van der Waals surface area contributed by atoms with E-state index in [2.05, 4.69) is 12.2 Å². The zero-order valence-electron chi connectivity index (χ0n) is 12.0. The molecule has 1 aromatic carbocycles. The molecule has 0 heterocycles. The van der Waals surface area contributed by atoms with Crippen molar-refractivity contribution in [3.8, 4) is 0 Å². The summed E-state index contributed by atoms with van der Waals surface area (Å²) < 4.78 is 18.7. The van der Waals surface area contributed by atoms with Gasteiger partial charge < -0.3 is 15.8 Å². The Labute approximate surface area is 124 Å². The number of ether oxygens (including phenoxy) is 1. The third kappa shape index (κ3) is 3.43. The first kappa shape index (κ1) is 15.5. The molecule has 0 spiro atoms. The van der Waals surface area contributed by atoms with Gasteiger partial charge in [0, 0.05) is 18.6 Å². The van der Waals surface area contributed by atoms with Crippen LogP contribution in [-0.2, 0) is 4.74 Å². The van der Waals surface area contributed by atoms with Crippen molar-refractivity contribution in [1.82, 2.24) is 0 Å². The lowest BCUT2D eigenvalue weighted by Crippen LogP contribution is -2.44. The normalized spacial score (nSPS) is 28.1. The number of methoxy groups -OCH3 is 1. The van der Waals surface area contributed by atoms with E-state index in [4.69, 9.17) is 22.1 Å². The van der Waals surface area contributed by atoms with Gasteiger partial charge in [-0.15, -0.1) is 0 Å². The van der Waals surface area contributed by atoms with Gasteiger partial charge >= 0.3 is 0 Å². The summed E-state index contributed by atoms with van der Waals surface area (Å²) in [5.74, 6) is -0.343. The van der Waals surface area contributed by atoms with Crippen molar-refractivity contribution in [2.45, 2.75) is 44.9 Å². The van der Waals surface area contributed by atoms with Crippen molar-refractivity contribution in [3.05, 3.63) is 29.0 Å². The van der Waals surface area contributed by atoms with Gasteiger partial charge in [0.25, 0.3) is 0 Å². The van der Waals surface area contributed by atoms with Gasteiger partial charge in [-0.25, -0.2) is 4.39 Å². The minimum absolute atomic E-state index is 0.00232. The van der Waals surface area contributed by atoms with Crippen LogP contribution in [0.3, 0.4) is 0 Å². The Morgan fingerprint density at radius 2 is 2.10 bits per heavy atom. The first-order valence-corrected chi connectivity index (χ1v) is 7.32. The van der Waals surface area contributed by atoms with Crippen molar-refractivity contribution < 1.29 is 9.13 Å². The van der Waals surface area contributed by atoms with E-state index < -0.39 is 0 Å². The number of nitrogens with two attached hydrogens (primary N) is 1. The zero-order chi connectivity index (χ0) is 14.8. The van der Waals surface area contributed by atoms with Crippen LogP contribution in [0.5, 0.6) is 0 Å². The van der Waals surface area contributed by atoms with Crippen LogP contribution in [0.15, 0.2) is 18.2 Å². The molecule has 0 saturated heterocycles. The molecule has 0 aromatic heterocycles. The standard InChI is InChI=1S/C15H22ClFN2O/c1-15(7-5-11(18)6-8-15)14(20-2)19-13-4-3-10(17)9-12(13)16/h3-4,9,11,14,19H,5-8,18H2,1-2H3. The lowest BCUT2D eigenvalue weighted by molar-refractivity contribution is -0.00771. The summed E-state index contributed by atoms with van der Waals surface area (Å²) in [6.45, 7) is 2.19. The molecule has 1 aliphatic carbocycles. The molecule has 20 heavy (non-hydrogen) atoms. The van der Waals surface area contributed by atoms with Crippen LogP contribution in [0.2, 0.25) is 5.02 Å². The second-order valence-electron chi connectivity index (χ2n) is 5.88. The van der Waals surface area contributed by atoms with Crippen LogP contribution in [-0.4, -0.2) is 19.4 Å². The van der Waals surface area contributed by atoms with E-state index in [1.807, 2.05) is 0 Å². The summed E-state index contributed by atoms with van der Waals surface area (Å²) in [7, 11) is 1.68. The highest BCUT2D eigenvalue weighted by Crippen LogP contribution is 2.40. The maximum atomic E-state index is 13.1. The van der Waals surface area contributed by atoms with Crippen LogP contribution in [0.1, 0.15) is 32.6 Å². The van der Waals surface area contributed by atoms with Crippen molar-refractivity contribution in [1.29, 1.82) is 0 Å². The Kier molecular flexibility index (Phi) is 4.89. The Morgan fingerprint density at radius 3 is 2.65 bits per heavy atom. The molecular weight excluding hydrogens is 279 g/mol. The molecule has 0 aliphatic heterocycles. The second kappa shape index (κ2) is 6.29. The second-order valence-corrected chi connectivity index (χ2v) is 6.28. The molecule has 5 heteroatoms. The van der Waals surface area contributed by atoms with Gasteiger partial charge in [-0.05, 0) is 43.9 Å². The molecule has 1 unspecified atom stereocenters. The average Bonchev–Trinajstić information content (AvgIpc) is 2.41.